The van der Waals surface area contributed by atoms with Crippen LogP contribution >= 0.6 is 0 Å². The standard InChI is InChI=1S/C12H13F2NO/c1-2-3-8-16-15-9-10-6-4-5-7-11(10)12(13)14/h2,4-7,9,12H,1,3,8H2. The highest BCUT2D eigenvalue weighted by atomic mass is 19.3. The number of halogens is 2. The topological polar surface area (TPSA) is 21.6 Å². The van der Waals surface area contributed by atoms with Gasteiger partial charge in [-0.3, -0.25) is 0 Å². The molecule has 0 spiro atoms. The van der Waals surface area contributed by atoms with Crippen molar-refractivity contribution in [1.82, 2.24) is 0 Å². The summed E-state index contributed by atoms with van der Waals surface area (Å²) in [5.74, 6) is 0. The largest absolute Gasteiger partial charge is 0.395 e. The van der Waals surface area contributed by atoms with Gasteiger partial charge in [-0.05, 0) is 0 Å². The van der Waals surface area contributed by atoms with Gasteiger partial charge in [-0.2, -0.15) is 0 Å². The third-order valence-corrected chi connectivity index (χ3v) is 1.91. The first kappa shape index (κ1) is 12.4. The average molecular weight is 225 g/mol. The number of nitrogens with zero attached hydrogens (tertiary/aromatic N) is 1. The summed E-state index contributed by atoms with van der Waals surface area (Å²) in [4.78, 5) is 4.87. The van der Waals surface area contributed by atoms with E-state index < -0.39 is 6.43 Å². The number of hydrogen-bond acceptors (Lipinski definition) is 2. The van der Waals surface area contributed by atoms with Crippen molar-refractivity contribution in [3.8, 4) is 0 Å². The molecule has 1 aromatic rings. The van der Waals surface area contributed by atoms with Crippen molar-refractivity contribution in [3.05, 3.63) is 48.0 Å². The number of oxime groups is 1. The van der Waals surface area contributed by atoms with Gasteiger partial charge in [0.2, 0.25) is 0 Å². The summed E-state index contributed by atoms with van der Waals surface area (Å²) in [6.07, 6.45) is 1.16. The SMILES string of the molecule is C=CCCON=Cc1ccccc1C(F)F. The van der Waals surface area contributed by atoms with Gasteiger partial charge >= 0.3 is 0 Å². The van der Waals surface area contributed by atoms with Crippen molar-refractivity contribution in [3.63, 3.8) is 0 Å². The van der Waals surface area contributed by atoms with Crippen LogP contribution in [0.4, 0.5) is 8.78 Å². The second-order valence-electron chi connectivity index (χ2n) is 3.07. The summed E-state index contributed by atoms with van der Waals surface area (Å²) in [5, 5.41) is 3.62. The quantitative estimate of drug-likeness (QED) is 0.314. The Morgan fingerprint density at radius 2 is 2.12 bits per heavy atom. The van der Waals surface area contributed by atoms with Crippen molar-refractivity contribution in [2.75, 3.05) is 6.61 Å². The highest BCUT2D eigenvalue weighted by Gasteiger charge is 2.10. The fourth-order valence-corrected chi connectivity index (χ4v) is 1.11. The Morgan fingerprint density at radius 1 is 1.38 bits per heavy atom. The molecule has 86 valence electrons. The molecule has 0 amide bonds. The molecule has 2 nitrogen and oxygen atoms in total. The van der Waals surface area contributed by atoms with Gasteiger partial charge in [0, 0.05) is 17.5 Å². The minimum atomic E-state index is -2.50. The summed E-state index contributed by atoms with van der Waals surface area (Å²) in [6, 6.07) is 6.19. The van der Waals surface area contributed by atoms with Gasteiger partial charge in [0.1, 0.15) is 6.61 Å². The van der Waals surface area contributed by atoms with E-state index in [-0.39, 0.29) is 5.56 Å². The first-order chi connectivity index (χ1) is 7.75. The molecule has 0 radical (unpaired) electrons. The molecule has 16 heavy (non-hydrogen) atoms. The summed E-state index contributed by atoms with van der Waals surface area (Å²) in [5.41, 5.74) is 0.328. The molecule has 4 heteroatoms. The van der Waals surface area contributed by atoms with E-state index in [0.717, 1.165) is 0 Å². The van der Waals surface area contributed by atoms with Crippen LogP contribution in [0.2, 0.25) is 0 Å². The van der Waals surface area contributed by atoms with E-state index in [2.05, 4.69) is 11.7 Å². The van der Waals surface area contributed by atoms with Gasteiger partial charge < -0.3 is 4.84 Å². The Hall–Kier alpha value is -1.71. The molecule has 0 N–H and O–H groups in total. The zero-order valence-corrected chi connectivity index (χ0v) is 8.77. The fraction of sp³-hybridized carbons (Fsp3) is 0.250. The molecular weight excluding hydrogens is 212 g/mol. The molecule has 0 bridgehead atoms. The van der Waals surface area contributed by atoms with Gasteiger partial charge in [-0.15, -0.1) is 6.58 Å². The van der Waals surface area contributed by atoms with E-state index in [1.54, 1.807) is 24.3 Å². The van der Waals surface area contributed by atoms with Gasteiger partial charge in [0.05, 0.1) is 6.21 Å². The molecule has 0 fully saturated rings. The molecule has 0 aliphatic heterocycles. The molecular formula is C12H13F2NO. The predicted octanol–water partition coefficient (Wildman–Crippen LogP) is 3.55. The second kappa shape index (κ2) is 6.71. The summed E-state index contributed by atoms with van der Waals surface area (Å²) in [6.45, 7) is 3.92. The Balaban J connectivity index is 2.61. The van der Waals surface area contributed by atoms with Gasteiger partial charge in [0.15, 0.2) is 0 Å². The molecule has 1 aromatic carbocycles. The lowest BCUT2D eigenvalue weighted by molar-refractivity contribution is 0.148. The number of alkyl halides is 2. The number of hydrogen-bond donors (Lipinski definition) is 0. The third-order valence-electron chi connectivity index (χ3n) is 1.91. The Morgan fingerprint density at radius 3 is 2.81 bits per heavy atom. The zero-order chi connectivity index (χ0) is 11.8. The van der Waals surface area contributed by atoms with Crippen LogP contribution in [-0.2, 0) is 4.84 Å². The molecule has 0 atom stereocenters. The maximum absolute atomic E-state index is 12.5. The Labute approximate surface area is 93.2 Å². The zero-order valence-electron chi connectivity index (χ0n) is 8.77. The van der Waals surface area contributed by atoms with E-state index >= 15 is 0 Å². The van der Waals surface area contributed by atoms with Gasteiger partial charge in [-0.25, -0.2) is 8.78 Å². The normalized spacial score (nSPS) is 10.9. The van der Waals surface area contributed by atoms with Crippen molar-refractivity contribution in [1.29, 1.82) is 0 Å². The van der Waals surface area contributed by atoms with Crippen LogP contribution < -0.4 is 0 Å². The monoisotopic (exact) mass is 225 g/mol. The maximum Gasteiger partial charge on any atom is 0.264 e. The van der Waals surface area contributed by atoms with E-state index in [1.165, 1.54) is 12.3 Å². The van der Waals surface area contributed by atoms with Crippen molar-refractivity contribution < 1.29 is 13.6 Å². The number of rotatable bonds is 6. The van der Waals surface area contributed by atoms with Crippen LogP contribution in [0.3, 0.4) is 0 Å². The van der Waals surface area contributed by atoms with Gasteiger partial charge in [0.25, 0.3) is 6.43 Å². The highest BCUT2D eigenvalue weighted by molar-refractivity contribution is 5.81. The minimum Gasteiger partial charge on any atom is -0.395 e. The molecule has 0 saturated heterocycles. The molecule has 1 rings (SSSR count). The second-order valence-corrected chi connectivity index (χ2v) is 3.07. The van der Waals surface area contributed by atoms with Crippen LogP contribution in [0, 0.1) is 0 Å². The molecule has 0 heterocycles. The lowest BCUT2D eigenvalue weighted by atomic mass is 10.1. The molecule has 0 aliphatic carbocycles. The van der Waals surface area contributed by atoms with E-state index in [4.69, 9.17) is 4.84 Å². The molecule has 0 saturated carbocycles. The van der Waals surface area contributed by atoms with Crippen LogP contribution in [0.1, 0.15) is 24.0 Å². The highest BCUT2D eigenvalue weighted by Crippen LogP contribution is 2.21. The van der Waals surface area contributed by atoms with Gasteiger partial charge in [-0.1, -0.05) is 35.5 Å². The molecule has 0 unspecified atom stereocenters. The lowest BCUT2D eigenvalue weighted by Gasteiger charge is -2.03. The lowest BCUT2D eigenvalue weighted by Crippen LogP contribution is -1.94. The smallest absolute Gasteiger partial charge is 0.264 e. The first-order valence-corrected chi connectivity index (χ1v) is 4.89. The molecule has 0 aromatic heterocycles. The van der Waals surface area contributed by atoms with Crippen molar-refractivity contribution >= 4 is 6.21 Å². The van der Waals surface area contributed by atoms with Crippen molar-refractivity contribution in [2.45, 2.75) is 12.8 Å². The van der Waals surface area contributed by atoms with Crippen molar-refractivity contribution in [2.24, 2.45) is 5.16 Å². The maximum atomic E-state index is 12.5. The number of benzene rings is 1. The van der Waals surface area contributed by atoms with E-state index in [1.807, 2.05) is 0 Å². The Bertz CT molecular complexity index is 364. The van der Waals surface area contributed by atoms with Crippen LogP contribution in [-0.4, -0.2) is 12.8 Å². The Kier molecular flexibility index (Phi) is 5.19. The summed E-state index contributed by atoms with van der Waals surface area (Å²) < 4.78 is 25.1. The first-order valence-electron chi connectivity index (χ1n) is 4.89. The van der Waals surface area contributed by atoms with Crippen LogP contribution in [0.25, 0.3) is 0 Å². The molecule has 0 aliphatic rings. The summed E-state index contributed by atoms with van der Waals surface area (Å²) >= 11 is 0. The summed E-state index contributed by atoms with van der Waals surface area (Å²) in [7, 11) is 0. The van der Waals surface area contributed by atoms with Crippen LogP contribution in [0.15, 0.2) is 42.1 Å². The van der Waals surface area contributed by atoms with E-state index in [9.17, 15) is 8.78 Å². The average Bonchev–Trinajstić information content (AvgIpc) is 2.29. The van der Waals surface area contributed by atoms with Crippen LogP contribution in [0.5, 0.6) is 0 Å². The van der Waals surface area contributed by atoms with E-state index in [0.29, 0.717) is 18.6 Å². The fourth-order valence-electron chi connectivity index (χ4n) is 1.11. The minimum absolute atomic E-state index is 0.0430. The third kappa shape index (κ3) is 3.81. The predicted molar refractivity (Wildman–Crippen MR) is 59.8 cm³/mol.